The Morgan fingerprint density at radius 2 is 2.33 bits per heavy atom. The summed E-state index contributed by atoms with van der Waals surface area (Å²) in [7, 11) is 0. The molecule has 0 aliphatic carbocycles. The monoisotopic (exact) mass is 127 g/mol. The molecule has 0 rings (SSSR count). The van der Waals surface area contributed by atoms with Crippen molar-refractivity contribution in [1.82, 2.24) is 0 Å². The molecule has 9 heavy (non-hydrogen) atoms. The average Bonchev–Trinajstić information content (AvgIpc) is 1.89. The molecule has 0 fully saturated rings. The van der Waals surface area contributed by atoms with Crippen LogP contribution in [0.1, 0.15) is 19.3 Å². The van der Waals surface area contributed by atoms with Gasteiger partial charge in [0.15, 0.2) is 0 Å². The summed E-state index contributed by atoms with van der Waals surface area (Å²) in [5.41, 5.74) is 5.40. The molecule has 0 heterocycles. The number of aliphatic hydroxyl groups is 1. The molecule has 0 radical (unpaired) electrons. The third kappa shape index (κ3) is 5.35. The number of aliphatic hydroxyl groups excluding tert-OH is 1. The molecule has 0 aromatic heterocycles. The molecule has 3 N–H and O–H groups in total. The van der Waals surface area contributed by atoms with Gasteiger partial charge in [0.1, 0.15) is 0 Å². The second kappa shape index (κ2) is 5.61. The Hall–Kier alpha value is -0.520. The van der Waals surface area contributed by atoms with E-state index < -0.39 is 0 Å². The molecule has 0 unspecified atom stereocenters. The van der Waals surface area contributed by atoms with Crippen LogP contribution in [0.4, 0.5) is 0 Å². The van der Waals surface area contributed by atoms with E-state index in [0.29, 0.717) is 0 Å². The number of hydrogen-bond donors (Lipinski definition) is 2. The zero-order valence-corrected chi connectivity index (χ0v) is 5.51. The van der Waals surface area contributed by atoms with E-state index in [2.05, 4.69) is 5.92 Å². The fourth-order valence-corrected chi connectivity index (χ4v) is 0.558. The minimum absolute atomic E-state index is 0.0601. The quantitative estimate of drug-likeness (QED) is 0.416. The Morgan fingerprint density at radius 1 is 1.67 bits per heavy atom. The minimum Gasteiger partial charge on any atom is -0.395 e. The Morgan fingerprint density at radius 3 is 2.78 bits per heavy atom. The summed E-state index contributed by atoms with van der Waals surface area (Å²) < 4.78 is 0. The van der Waals surface area contributed by atoms with Gasteiger partial charge in [-0.1, -0.05) is 0 Å². The first-order valence-electron chi connectivity index (χ1n) is 3.11. The normalized spacial score (nSPS) is 12.6. The average molecular weight is 127 g/mol. The van der Waals surface area contributed by atoms with Crippen molar-refractivity contribution < 1.29 is 5.11 Å². The number of nitrogens with two attached hydrogens (primary N) is 1. The molecule has 0 saturated heterocycles. The van der Waals surface area contributed by atoms with E-state index in [0.717, 1.165) is 19.3 Å². The van der Waals surface area contributed by atoms with Crippen LogP contribution in [-0.2, 0) is 0 Å². The Labute approximate surface area is 56.1 Å². The van der Waals surface area contributed by atoms with Crippen LogP contribution in [0.25, 0.3) is 0 Å². The molecule has 0 aliphatic heterocycles. The standard InChI is InChI=1S/C7H13NO/c1-2-3-4-5-7(8)6-9/h1,7,9H,3-6,8H2/t7-/m0/s1. The predicted molar refractivity (Wildman–Crippen MR) is 37.7 cm³/mol. The smallest absolute Gasteiger partial charge is 0.0582 e. The van der Waals surface area contributed by atoms with Crippen LogP contribution in [0.15, 0.2) is 0 Å². The third-order valence-electron chi connectivity index (χ3n) is 1.13. The summed E-state index contributed by atoms with van der Waals surface area (Å²) in [6.07, 6.45) is 7.50. The molecule has 0 bridgehead atoms. The molecule has 2 heteroatoms. The van der Waals surface area contributed by atoms with Gasteiger partial charge in [-0.2, -0.15) is 0 Å². The lowest BCUT2D eigenvalue weighted by Gasteiger charge is -2.03. The van der Waals surface area contributed by atoms with Gasteiger partial charge in [-0.15, -0.1) is 12.3 Å². The Balaban J connectivity index is 2.99. The largest absolute Gasteiger partial charge is 0.395 e. The Bertz CT molecular complexity index is 95.6. The van der Waals surface area contributed by atoms with Gasteiger partial charge < -0.3 is 10.8 Å². The van der Waals surface area contributed by atoms with Crippen LogP contribution >= 0.6 is 0 Å². The van der Waals surface area contributed by atoms with Crippen molar-refractivity contribution in [3.8, 4) is 12.3 Å². The molecule has 0 aromatic rings. The summed E-state index contributed by atoms with van der Waals surface area (Å²) in [6.45, 7) is 0.0601. The lowest BCUT2D eigenvalue weighted by Crippen LogP contribution is -2.23. The van der Waals surface area contributed by atoms with E-state index in [9.17, 15) is 0 Å². The van der Waals surface area contributed by atoms with Crippen molar-refractivity contribution in [3.05, 3.63) is 0 Å². The van der Waals surface area contributed by atoms with Crippen molar-refractivity contribution in [2.24, 2.45) is 5.73 Å². The van der Waals surface area contributed by atoms with E-state index >= 15 is 0 Å². The SMILES string of the molecule is C#CCCC[C@H](N)CO. The maximum atomic E-state index is 8.46. The molecule has 0 saturated carbocycles. The maximum Gasteiger partial charge on any atom is 0.0582 e. The van der Waals surface area contributed by atoms with Gasteiger partial charge in [0.05, 0.1) is 6.61 Å². The van der Waals surface area contributed by atoms with Gasteiger partial charge >= 0.3 is 0 Å². The van der Waals surface area contributed by atoms with Gasteiger partial charge in [0, 0.05) is 12.5 Å². The summed E-state index contributed by atoms with van der Waals surface area (Å²) >= 11 is 0. The second-order valence-electron chi connectivity index (χ2n) is 2.04. The second-order valence-corrected chi connectivity index (χ2v) is 2.04. The van der Waals surface area contributed by atoms with Gasteiger partial charge in [0.25, 0.3) is 0 Å². The van der Waals surface area contributed by atoms with Gasteiger partial charge in [-0.05, 0) is 12.8 Å². The molecule has 0 spiro atoms. The van der Waals surface area contributed by atoms with Crippen LogP contribution in [0, 0.1) is 12.3 Å². The molecule has 0 amide bonds. The highest BCUT2D eigenvalue weighted by molar-refractivity contribution is 4.83. The first-order valence-corrected chi connectivity index (χ1v) is 3.11. The summed E-state index contributed by atoms with van der Waals surface area (Å²) in [6, 6.07) is -0.0849. The van der Waals surface area contributed by atoms with Crippen molar-refractivity contribution in [2.45, 2.75) is 25.3 Å². The predicted octanol–water partition coefficient (Wildman–Crippen LogP) is 0.109. The van der Waals surface area contributed by atoms with Crippen LogP contribution in [0.2, 0.25) is 0 Å². The highest BCUT2D eigenvalue weighted by Gasteiger charge is 1.96. The first kappa shape index (κ1) is 8.48. The van der Waals surface area contributed by atoms with E-state index in [1.807, 2.05) is 0 Å². The number of hydrogen-bond acceptors (Lipinski definition) is 2. The van der Waals surface area contributed by atoms with Crippen molar-refractivity contribution >= 4 is 0 Å². The van der Waals surface area contributed by atoms with Crippen LogP contribution in [0.3, 0.4) is 0 Å². The van der Waals surface area contributed by atoms with E-state index in [-0.39, 0.29) is 12.6 Å². The maximum absolute atomic E-state index is 8.46. The molecule has 0 aromatic carbocycles. The van der Waals surface area contributed by atoms with E-state index in [1.54, 1.807) is 0 Å². The first-order chi connectivity index (χ1) is 4.31. The molecular weight excluding hydrogens is 114 g/mol. The number of rotatable bonds is 4. The highest BCUT2D eigenvalue weighted by Crippen LogP contribution is 1.95. The zero-order chi connectivity index (χ0) is 7.11. The van der Waals surface area contributed by atoms with E-state index in [4.69, 9.17) is 17.3 Å². The van der Waals surface area contributed by atoms with Gasteiger partial charge in [0.2, 0.25) is 0 Å². The molecule has 0 aliphatic rings. The molecule has 1 atom stereocenters. The van der Waals surface area contributed by atoms with Crippen molar-refractivity contribution in [2.75, 3.05) is 6.61 Å². The topological polar surface area (TPSA) is 46.2 Å². The highest BCUT2D eigenvalue weighted by atomic mass is 16.3. The fourth-order valence-electron chi connectivity index (χ4n) is 0.558. The van der Waals surface area contributed by atoms with Crippen molar-refractivity contribution in [3.63, 3.8) is 0 Å². The van der Waals surface area contributed by atoms with E-state index in [1.165, 1.54) is 0 Å². The minimum atomic E-state index is -0.0849. The summed E-state index contributed by atoms with van der Waals surface area (Å²) in [4.78, 5) is 0. The Kier molecular flexibility index (Phi) is 5.29. The lowest BCUT2D eigenvalue weighted by molar-refractivity contribution is 0.258. The van der Waals surface area contributed by atoms with Crippen LogP contribution in [0.5, 0.6) is 0 Å². The van der Waals surface area contributed by atoms with Crippen LogP contribution < -0.4 is 5.73 Å². The summed E-state index contributed by atoms with van der Waals surface area (Å²) in [5.74, 6) is 2.51. The summed E-state index contributed by atoms with van der Waals surface area (Å²) in [5, 5.41) is 8.46. The molecule has 52 valence electrons. The van der Waals surface area contributed by atoms with Gasteiger partial charge in [-0.25, -0.2) is 0 Å². The lowest BCUT2D eigenvalue weighted by atomic mass is 10.1. The fraction of sp³-hybridized carbons (Fsp3) is 0.714. The number of unbranched alkanes of at least 4 members (excludes halogenated alkanes) is 1. The van der Waals surface area contributed by atoms with Crippen molar-refractivity contribution in [1.29, 1.82) is 0 Å². The number of terminal acetylenes is 1. The zero-order valence-electron chi connectivity index (χ0n) is 5.51. The van der Waals surface area contributed by atoms with Gasteiger partial charge in [-0.3, -0.25) is 0 Å². The third-order valence-corrected chi connectivity index (χ3v) is 1.13. The molecule has 2 nitrogen and oxygen atoms in total. The molecular formula is C7H13NO. The van der Waals surface area contributed by atoms with Crippen LogP contribution in [-0.4, -0.2) is 17.8 Å².